The van der Waals surface area contributed by atoms with Crippen LogP contribution in [-0.2, 0) is 24.7 Å². The Balaban J connectivity index is 1.48. The molecule has 4 atom stereocenters. The van der Waals surface area contributed by atoms with Gasteiger partial charge in [0, 0.05) is 23.7 Å². The monoisotopic (exact) mass is 454 g/mol. The molecular formula is C26H22N4O4. The van der Waals surface area contributed by atoms with Gasteiger partial charge in [-0.3, -0.25) is 24.5 Å². The Kier molecular flexibility index (Phi) is 4.37. The van der Waals surface area contributed by atoms with Crippen molar-refractivity contribution in [2.75, 3.05) is 10.2 Å². The third-order valence-corrected chi connectivity index (χ3v) is 7.32. The first-order valence-electron chi connectivity index (χ1n) is 11.3. The van der Waals surface area contributed by atoms with E-state index in [0.717, 1.165) is 10.8 Å². The summed E-state index contributed by atoms with van der Waals surface area (Å²) in [7, 11) is 0. The Hall–Kier alpha value is -4.04. The smallest absolute Gasteiger partial charge is 0.250 e. The molecule has 0 unspecified atom stereocenters. The van der Waals surface area contributed by atoms with Crippen LogP contribution in [0.4, 0.5) is 11.4 Å². The maximum absolute atomic E-state index is 13.9. The zero-order valence-electron chi connectivity index (χ0n) is 18.2. The van der Waals surface area contributed by atoms with Gasteiger partial charge in [-0.15, -0.1) is 0 Å². The van der Waals surface area contributed by atoms with Gasteiger partial charge < -0.3 is 11.1 Å². The minimum Gasteiger partial charge on any atom is -0.370 e. The topological polar surface area (TPSA) is 122 Å². The SMILES string of the molecule is NC(=O)CC[C@@H]1N[C@]2(C(=O)Nc3ccccc32)[C@@H]2C(=O)N(c3ccc4ccccc4c3)C(=O)[C@H]12. The number of hydrogen-bond donors (Lipinski definition) is 3. The van der Waals surface area contributed by atoms with E-state index in [4.69, 9.17) is 5.73 Å². The number of rotatable bonds is 4. The van der Waals surface area contributed by atoms with Crippen molar-refractivity contribution >= 4 is 45.8 Å². The molecule has 0 bridgehead atoms. The van der Waals surface area contributed by atoms with Crippen LogP contribution >= 0.6 is 0 Å². The highest BCUT2D eigenvalue weighted by atomic mass is 16.2. The van der Waals surface area contributed by atoms with E-state index < -0.39 is 35.2 Å². The molecule has 6 rings (SSSR count). The van der Waals surface area contributed by atoms with Crippen LogP contribution in [-0.4, -0.2) is 29.7 Å². The molecule has 2 saturated heterocycles. The maximum Gasteiger partial charge on any atom is 0.250 e. The van der Waals surface area contributed by atoms with Gasteiger partial charge >= 0.3 is 0 Å². The molecule has 34 heavy (non-hydrogen) atoms. The van der Waals surface area contributed by atoms with Gasteiger partial charge in [0.2, 0.25) is 23.6 Å². The zero-order chi connectivity index (χ0) is 23.6. The fraction of sp³-hybridized carbons (Fsp3) is 0.231. The van der Waals surface area contributed by atoms with Gasteiger partial charge in [-0.05, 0) is 35.4 Å². The highest BCUT2D eigenvalue weighted by molar-refractivity contribution is 6.26. The van der Waals surface area contributed by atoms with Crippen LogP contribution in [0.2, 0.25) is 0 Å². The van der Waals surface area contributed by atoms with Crippen molar-refractivity contribution < 1.29 is 19.2 Å². The van der Waals surface area contributed by atoms with Crippen molar-refractivity contribution in [2.45, 2.75) is 24.4 Å². The summed E-state index contributed by atoms with van der Waals surface area (Å²) in [5.41, 5.74) is 5.71. The third-order valence-electron chi connectivity index (χ3n) is 7.32. The zero-order valence-corrected chi connectivity index (χ0v) is 18.2. The first kappa shape index (κ1) is 20.6. The molecule has 8 heteroatoms. The van der Waals surface area contributed by atoms with Gasteiger partial charge in [-0.1, -0.05) is 48.5 Å². The van der Waals surface area contributed by atoms with E-state index in [1.165, 1.54) is 4.90 Å². The molecule has 0 aliphatic carbocycles. The minimum atomic E-state index is -1.39. The fourth-order valence-corrected chi connectivity index (χ4v) is 5.87. The Morgan fingerprint density at radius 3 is 2.47 bits per heavy atom. The van der Waals surface area contributed by atoms with Crippen LogP contribution in [0.3, 0.4) is 0 Å². The summed E-state index contributed by atoms with van der Waals surface area (Å²) in [5, 5.41) is 8.07. The molecule has 3 heterocycles. The van der Waals surface area contributed by atoms with Gasteiger partial charge in [0.05, 0.1) is 17.5 Å². The van der Waals surface area contributed by atoms with Gasteiger partial charge in [0.25, 0.3) is 0 Å². The summed E-state index contributed by atoms with van der Waals surface area (Å²) in [4.78, 5) is 53.8. The van der Waals surface area contributed by atoms with Gasteiger partial charge in [0.1, 0.15) is 5.54 Å². The second kappa shape index (κ2) is 7.23. The van der Waals surface area contributed by atoms with Crippen LogP contribution in [0.15, 0.2) is 66.7 Å². The number of primary amides is 1. The number of nitrogens with two attached hydrogens (primary N) is 1. The Morgan fingerprint density at radius 2 is 1.68 bits per heavy atom. The molecule has 4 N–H and O–H groups in total. The molecule has 0 radical (unpaired) electrons. The molecule has 170 valence electrons. The summed E-state index contributed by atoms with van der Waals surface area (Å²) in [5.74, 6) is -3.40. The number of fused-ring (bicyclic) bond motifs is 5. The number of amides is 4. The maximum atomic E-state index is 13.9. The summed E-state index contributed by atoms with van der Waals surface area (Å²) in [6.45, 7) is 0. The number of anilines is 2. The lowest BCUT2D eigenvalue weighted by Crippen LogP contribution is -2.53. The third kappa shape index (κ3) is 2.69. The normalized spacial score (nSPS) is 27.4. The lowest BCUT2D eigenvalue weighted by atomic mass is 9.76. The number of benzene rings is 3. The fourth-order valence-electron chi connectivity index (χ4n) is 5.87. The first-order valence-corrected chi connectivity index (χ1v) is 11.3. The number of nitrogens with one attached hydrogen (secondary N) is 2. The van der Waals surface area contributed by atoms with E-state index in [0.29, 0.717) is 16.9 Å². The number of para-hydroxylation sites is 1. The second-order valence-corrected chi connectivity index (χ2v) is 9.11. The van der Waals surface area contributed by atoms with Gasteiger partial charge in [0.15, 0.2) is 0 Å². The summed E-state index contributed by atoms with van der Waals surface area (Å²) in [6.07, 6.45) is 0.288. The number of hydrogen-bond acceptors (Lipinski definition) is 5. The molecule has 3 aromatic carbocycles. The van der Waals surface area contributed by atoms with E-state index in [1.54, 1.807) is 30.3 Å². The molecule has 3 aromatic rings. The average molecular weight is 454 g/mol. The van der Waals surface area contributed by atoms with Crippen LogP contribution in [0.5, 0.6) is 0 Å². The van der Waals surface area contributed by atoms with Crippen LogP contribution in [0, 0.1) is 11.8 Å². The number of imide groups is 1. The van der Waals surface area contributed by atoms with Crippen LogP contribution in [0.1, 0.15) is 18.4 Å². The highest BCUT2D eigenvalue weighted by Crippen LogP contribution is 2.54. The highest BCUT2D eigenvalue weighted by Gasteiger charge is 2.70. The Bertz CT molecular complexity index is 1400. The average Bonchev–Trinajstić information content (AvgIpc) is 3.42. The van der Waals surface area contributed by atoms with Gasteiger partial charge in [-0.2, -0.15) is 0 Å². The lowest BCUT2D eigenvalue weighted by Gasteiger charge is -2.29. The van der Waals surface area contributed by atoms with E-state index in [1.807, 2.05) is 36.4 Å². The van der Waals surface area contributed by atoms with E-state index in [-0.39, 0.29) is 24.7 Å². The molecular weight excluding hydrogens is 432 g/mol. The van der Waals surface area contributed by atoms with Gasteiger partial charge in [-0.25, -0.2) is 4.90 Å². The van der Waals surface area contributed by atoms with E-state index >= 15 is 0 Å². The first-order chi connectivity index (χ1) is 16.4. The summed E-state index contributed by atoms with van der Waals surface area (Å²) in [6, 6.07) is 19.8. The van der Waals surface area contributed by atoms with Crippen LogP contribution < -0.4 is 21.3 Å². The summed E-state index contributed by atoms with van der Waals surface area (Å²) >= 11 is 0. The lowest BCUT2D eigenvalue weighted by molar-refractivity contribution is -0.130. The van der Waals surface area contributed by atoms with Crippen LogP contribution in [0.25, 0.3) is 10.8 Å². The van der Waals surface area contributed by atoms with Crippen molar-refractivity contribution in [1.82, 2.24) is 5.32 Å². The Labute approximate surface area is 195 Å². The summed E-state index contributed by atoms with van der Waals surface area (Å²) < 4.78 is 0. The molecule has 3 aliphatic rings. The second-order valence-electron chi connectivity index (χ2n) is 9.11. The quantitative estimate of drug-likeness (QED) is 0.521. The molecule has 3 aliphatic heterocycles. The molecule has 0 aromatic heterocycles. The minimum absolute atomic E-state index is 0.0394. The standard InChI is InChI=1S/C26H22N4O4/c27-20(31)12-11-19-21-22(26(29-19)17-7-3-4-8-18(17)28-25(26)34)24(33)30(23(21)32)16-10-9-14-5-1-2-6-15(14)13-16/h1-10,13,19,21-22,29H,11-12H2,(H2,27,31)(H,28,34)/t19-,21+,22-,26-/m0/s1. The van der Waals surface area contributed by atoms with Crippen molar-refractivity contribution in [2.24, 2.45) is 17.6 Å². The number of nitrogens with zero attached hydrogens (tertiary/aromatic N) is 1. The molecule has 1 spiro atoms. The predicted octanol–water partition coefficient (Wildman–Crippen LogP) is 2.03. The Morgan fingerprint density at radius 1 is 0.941 bits per heavy atom. The van der Waals surface area contributed by atoms with Crippen molar-refractivity contribution in [3.63, 3.8) is 0 Å². The van der Waals surface area contributed by atoms with Crippen molar-refractivity contribution in [1.29, 1.82) is 0 Å². The predicted molar refractivity (Wildman–Crippen MR) is 126 cm³/mol. The van der Waals surface area contributed by atoms with E-state index in [9.17, 15) is 19.2 Å². The molecule has 8 nitrogen and oxygen atoms in total. The largest absolute Gasteiger partial charge is 0.370 e. The van der Waals surface area contributed by atoms with Crippen molar-refractivity contribution in [3.05, 3.63) is 72.3 Å². The molecule has 2 fully saturated rings. The molecule has 0 saturated carbocycles. The molecule has 4 amide bonds. The van der Waals surface area contributed by atoms with E-state index in [2.05, 4.69) is 10.6 Å². The number of carbonyl (C=O) groups is 4. The van der Waals surface area contributed by atoms with Crippen molar-refractivity contribution in [3.8, 4) is 0 Å². The number of carbonyl (C=O) groups excluding carboxylic acids is 4.